The molecule has 6 heteroatoms. The number of pyridine rings is 1. The molecule has 1 aromatic rings. The third kappa shape index (κ3) is 2.82. The van der Waals surface area contributed by atoms with Crippen LogP contribution in [0.5, 0.6) is 5.88 Å². The fourth-order valence-electron chi connectivity index (χ4n) is 1.71. The lowest BCUT2D eigenvalue weighted by Gasteiger charge is -2.24. The molecule has 0 saturated carbocycles. The lowest BCUT2D eigenvalue weighted by molar-refractivity contribution is 0.397. The van der Waals surface area contributed by atoms with Crippen LogP contribution in [-0.2, 0) is 11.4 Å². The Kier molecular flexibility index (Phi) is 3.92. The summed E-state index contributed by atoms with van der Waals surface area (Å²) in [5.41, 5.74) is 1.08. The van der Waals surface area contributed by atoms with Crippen LogP contribution in [0.1, 0.15) is 32.4 Å². The molecule has 1 aliphatic heterocycles. The fourth-order valence-corrected chi connectivity index (χ4v) is 3.52. The van der Waals surface area contributed by atoms with Crippen molar-refractivity contribution in [2.75, 3.05) is 13.7 Å². The second-order valence-electron chi connectivity index (χ2n) is 5.23. The topological polar surface area (TPSA) is 48.2 Å². The van der Waals surface area contributed by atoms with Gasteiger partial charge >= 0.3 is 0 Å². The Morgan fingerprint density at radius 3 is 2.78 bits per heavy atom. The van der Waals surface area contributed by atoms with E-state index in [9.17, 15) is 4.55 Å². The lowest BCUT2D eigenvalue weighted by Crippen LogP contribution is -2.33. The maximum absolute atomic E-state index is 12.3. The van der Waals surface area contributed by atoms with E-state index in [1.165, 1.54) is 0 Å². The Morgan fingerprint density at radius 2 is 2.22 bits per heavy atom. The largest absolute Gasteiger partial charge is 0.597 e. The van der Waals surface area contributed by atoms with Gasteiger partial charge in [-0.1, -0.05) is 0 Å². The molecule has 1 saturated heterocycles. The second-order valence-corrected chi connectivity index (χ2v) is 8.27. The molecule has 2 heterocycles. The quantitative estimate of drug-likeness (QED) is 0.630. The molecular formula is C12H17BrN2O2S. The Bertz CT molecular complexity index is 450. The van der Waals surface area contributed by atoms with Gasteiger partial charge in [0.2, 0.25) is 5.88 Å². The molecule has 0 aliphatic carbocycles. The number of rotatable bonds is 3. The van der Waals surface area contributed by atoms with Crippen LogP contribution in [0.2, 0.25) is 0 Å². The average molecular weight is 333 g/mol. The number of methoxy groups -OCH3 is 1. The summed E-state index contributed by atoms with van der Waals surface area (Å²) in [6.45, 7) is 6.78. The highest BCUT2D eigenvalue weighted by atomic mass is 79.9. The van der Waals surface area contributed by atoms with Crippen LogP contribution in [0.4, 0.5) is 0 Å². The summed E-state index contributed by atoms with van der Waals surface area (Å²) in [4.78, 5) is 4.12. The van der Waals surface area contributed by atoms with Crippen molar-refractivity contribution in [1.82, 2.24) is 9.29 Å². The van der Waals surface area contributed by atoms with Crippen molar-refractivity contribution >= 4 is 27.3 Å². The highest BCUT2D eigenvalue weighted by Gasteiger charge is 2.50. The number of aromatic nitrogens is 1. The molecule has 100 valence electrons. The minimum absolute atomic E-state index is 0.191. The minimum atomic E-state index is -0.974. The monoisotopic (exact) mass is 332 g/mol. The van der Waals surface area contributed by atoms with Gasteiger partial charge in [-0.15, -0.1) is 4.31 Å². The van der Waals surface area contributed by atoms with Gasteiger partial charge in [-0.05, 0) is 42.3 Å². The Hall–Kier alpha value is -0.300. The number of ether oxygens (including phenoxy) is 1. The predicted molar refractivity (Wildman–Crippen MR) is 75.8 cm³/mol. The summed E-state index contributed by atoms with van der Waals surface area (Å²) >= 11 is 2.51. The van der Waals surface area contributed by atoms with E-state index in [2.05, 4.69) is 20.9 Å². The van der Waals surface area contributed by atoms with Crippen molar-refractivity contribution in [2.24, 2.45) is 0 Å². The molecule has 1 aliphatic rings. The smallest absolute Gasteiger partial charge is 0.213 e. The van der Waals surface area contributed by atoms with Gasteiger partial charge < -0.3 is 9.29 Å². The van der Waals surface area contributed by atoms with Crippen LogP contribution < -0.4 is 4.74 Å². The van der Waals surface area contributed by atoms with Gasteiger partial charge in [0.05, 0.1) is 19.7 Å². The van der Waals surface area contributed by atoms with Crippen LogP contribution in [0, 0.1) is 0 Å². The van der Waals surface area contributed by atoms with Crippen LogP contribution in [0.15, 0.2) is 16.7 Å². The number of nitrogens with zero attached hydrogens (tertiary/aromatic N) is 2. The standard InChI is InChI=1S/C12H17BrN2O2S/c1-12(2,3)18(16)15-7-10(15)8-5-11(17-4)14-6-9(8)13/h5-6,10H,7H2,1-4H3/t10-,15?,18?/m0/s1. The molecule has 0 spiro atoms. The lowest BCUT2D eigenvalue weighted by atomic mass is 10.2. The molecule has 2 rings (SSSR count). The SMILES string of the molecule is COc1cc([C@@H]2CN2[S+]([O-])C(C)(C)C)c(Br)cn1. The molecule has 0 N–H and O–H groups in total. The molecule has 18 heavy (non-hydrogen) atoms. The predicted octanol–water partition coefficient (Wildman–Crippen LogP) is 2.67. The van der Waals surface area contributed by atoms with Crippen molar-refractivity contribution in [3.05, 3.63) is 22.3 Å². The molecule has 2 unspecified atom stereocenters. The van der Waals surface area contributed by atoms with E-state index in [0.29, 0.717) is 5.88 Å². The average Bonchev–Trinajstić information content (AvgIpc) is 3.07. The summed E-state index contributed by atoms with van der Waals surface area (Å²) in [6, 6.07) is 2.09. The van der Waals surface area contributed by atoms with Gasteiger partial charge in [-0.3, -0.25) is 0 Å². The summed E-state index contributed by atoms with van der Waals surface area (Å²) < 4.78 is 20.1. The van der Waals surface area contributed by atoms with E-state index >= 15 is 0 Å². The van der Waals surface area contributed by atoms with Crippen molar-refractivity contribution in [1.29, 1.82) is 0 Å². The molecule has 0 bridgehead atoms. The zero-order valence-electron chi connectivity index (χ0n) is 10.9. The van der Waals surface area contributed by atoms with Gasteiger partial charge in [0, 0.05) is 28.1 Å². The van der Waals surface area contributed by atoms with Crippen LogP contribution in [-0.4, -0.2) is 32.2 Å². The normalized spacial score (nSPS) is 24.8. The number of halogens is 1. The first-order chi connectivity index (χ1) is 8.34. The molecule has 1 fully saturated rings. The molecule has 0 aromatic carbocycles. The van der Waals surface area contributed by atoms with E-state index in [4.69, 9.17) is 4.74 Å². The van der Waals surface area contributed by atoms with Gasteiger partial charge in [0.25, 0.3) is 0 Å². The van der Waals surface area contributed by atoms with Crippen LogP contribution in [0.3, 0.4) is 0 Å². The van der Waals surface area contributed by atoms with Gasteiger partial charge in [-0.2, -0.15) is 0 Å². The van der Waals surface area contributed by atoms with E-state index < -0.39 is 11.4 Å². The first-order valence-corrected chi connectivity index (χ1v) is 7.62. The number of hydrogen-bond donors (Lipinski definition) is 0. The zero-order valence-corrected chi connectivity index (χ0v) is 13.3. The molecule has 1 aromatic heterocycles. The first kappa shape index (κ1) is 14.1. The van der Waals surface area contributed by atoms with Gasteiger partial charge in [-0.25, -0.2) is 4.98 Å². The number of hydrogen-bond acceptors (Lipinski definition) is 4. The zero-order chi connectivity index (χ0) is 13.5. The molecular weight excluding hydrogens is 316 g/mol. The maximum Gasteiger partial charge on any atom is 0.213 e. The Morgan fingerprint density at radius 1 is 1.56 bits per heavy atom. The van der Waals surface area contributed by atoms with E-state index in [-0.39, 0.29) is 10.8 Å². The third-order valence-corrected chi connectivity index (χ3v) is 5.27. The minimum Gasteiger partial charge on any atom is -0.597 e. The Labute approximate surface area is 119 Å². The van der Waals surface area contributed by atoms with Crippen molar-refractivity contribution in [3.8, 4) is 5.88 Å². The molecule has 0 radical (unpaired) electrons. The summed E-state index contributed by atoms with van der Waals surface area (Å²) in [7, 11) is 1.60. The van der Waals surface area contributed by atoms with Gasteiger partial charge in [0.15, 0.2) is 0 Å². The maximum atomic E-state index is 12.3. The summed E-state index contributed by atoms with van der Waals surface area (Å²) in [6.07, 6.45) is 1.73. The second kappa shape index (κ2) is 5.00. The van der Waals surface area contributed by atoms with E-state index in [1.807, 2.05) is 31.1 Å². The first-order valence-electron chi connectivity index (χ1n) is 5.72. The highest BCUT2D eigenvalue weighted by molar-refractivity contribution is 9.10. The van der Waals surface area contributed by atoms with Crippen LogP contribution >= 0.6 is 15.9 Å². The summed E-state index contributed by atoms with van der Waals surface area (Å²) in [5.74, 6) is 0.585. The fraction of sp³-hybridized carbons (Fsp3) is 0.583. The third-order valence-electron chi connectivity index (χ3n) is 2.73. The van der Waals surface area contributed by atoms with Crippen molar-refractivity contribution < 1.29 is 9.29 Å². The van der Waals surface area contributed by atoms with E-state index in [0.717, 1.165) is 16.6 Å². The van der Waals surface area contributed by atoms with Crippen molar-refractivity contribution in [2.45, 2.75) is 31.6 Å². The van der Waals surface area contributed by atoms with Gasteiger partial charge in [0.1, 0.15) is 4.75 Å². The van der Waals surface area contributed by atoms with E-state index in [1.54, 1.807) is 13.3 Å². The molecule has 4 nitrogen and oxygen atoms in total. The van der Waals surface area contributed by atoms with Crippen molar-refractivity contribution in [3.63, 3.8) is 0 Å². The highest BCUT2D eigenvalue weighted by Crippen LogP contribution is 2.44. The van der Waals surface area contributed by atoms with Crippen LogP contribution in [0.25, 0.3) is 0 Å². The molecule has 3 atom stereocenters. The molecule has 0 amide bonds. The summed E-state index contributed by atoms with van der Waals surface area (Å²) in [5, 5.41) is 0. The Balaban J connectivity index is 2.16.